The molecule has 0 bridgehead atoms. The summed E-state index contributed by atoms with van der Waals surface area (Å²) in [4.78, 5) is 0. The molecular weight excluding hydrogens is 258 g/mol. The predicted molar refractivity (Wildman–Crippen MR) is 90.7 cm³/mol. The van der Waals surface area contributed by atoms with Gasteiger partial charge >= 0.3 is 0 Å². The Hall–Kier alpha value is -0.0800. The van der Waals surface area contributed by atoms with Crippen LogP contribution in [-0.4, -0.2) is 25.8 Å². The van der Waals surface area contributed by atoms with Crippen LogP contribution >= 0.6 is 0 Å². The average Bonchev–Trinajstić information content (AvgIpc) is 2.55. The van der Waals surface area contributed by atoms with Crippen LogP contribution in [0.2, 0.25) is 0 Å². The Kier molecular flexibility index (Phi) is 8.73. The third kappa shape index (κ3) is 6.28. The topological polar surface area (TPSA) is 21.3 Å². The van der Waals surface area contributed by atoms with E-state index >= 15 is 0 Å². The van der Waals surface area contributed by atoms with Crippen molar-refractivity contribution in [2.24, 2.45) is 11.8 Å². The minimum atomic E-state index is 0.803. The van der Waals surface area contributed by atoms with E-state index in [2.05, 4.69) is 12.2 Å². The first-order chi connectivity index (χ1) is 10.4. The van der Waals surface area contributed by atoms with Gasteiger partial charge in [0.15, 0.2) is 0 Å². The van der Waals surface area contributed by atoms with Gasteiger partial charge in [-0.1, -0.05) is 58.3 Å². The molecule has 2 aliphatic rings. The molecule has 0 heterocycles. The summed E-state index contributed by atoms with van der Waals surface area (Å²) in [7, 11) is 0. The number of hydrogen-bond donors (Lipinski definition) is 1. The Bertz CT molecular complexity index is 250. The average molecular weight is 296 g/mol. The summed E-state index contributed by atoms with van der Waals surface area (Å²) in [6.45, 7) is 5.26. The minimum Gasteiger partial charge on any atom is -0.381 e. The van der Waals surface area contributed by atoms with Gasteiger partial charge in [0, 0.05) is 19.3 Å². The maximum atomic E-state index is 5.67. The van der Waals surface area contributed by atoms with Crippen LogP contribution in [0.15, 0.2) is 0 Å². The lowest BCUT2D eigenvalue weighted by molar-refractivity contribution is 0.121. The Balaban J connectivity index is 1.62. The zero-order chi connectivity index (χ0) is 14.8. The van der Waals surface area contributed by atoms with Gasteiger partial charge in [0.05, 0.1) is 0 Å². The SMILES string of the molecule is CCCCOCCCNC1CCCCC1C1CCCCC1. The van der Waals surface area contributed by atoms with Crippen molar-refractivity contribution >= 4 is 0 Å². The van der Waals surface area contributed by atoms with Gasteiger partial charge in [-0.05, 0) is 44.1 Å². The lowest BCUT2D eigenvalue weighted by Gasteiger charge is -2.39. The second kappa shape index (κ2) is 10.6. The molecule has 2 fully saturated rings. The molecule has 21 heavy (non-hydrogen) atoms. The summed E-state index contributed by atoms with van der Waals surface area (Å²) in [5.74, 6) is 2.00. The highest BCUT2D eigenvalue weighted by atomic mass is 16.5. The normalized spacial score (nSPS) is 27.9. The first-order valence-electron chi connectivity index (χ1n) is 9.73. The smallest absolute Gasteiger partial charge is 0.0478 e. The van der Waals surface area contributed by atoms with Crippen molar-refractivity contribution < 1.29 is 4.74 Å². The van der Waals surface area contributed by atoms with Crippen molar-refractivity contribution in [1.82, 2.24) is 5.32 Å². The maximum Gasteiger partial charge on any atom is 0.0478 e. The Morgan fingerprint density at radius 2 is 1.57 bits per heavy atom. The second-order valence-electron chi connectivity index (χ2n) is 7.23. The van der Waals surface area contributed by atoms with Gasteiger partial charge in [0.2, 0.25) is 0 Å². The Morgan fingerprint density at radius 1 is 0.857 bits per heavy atom. The summed E-state index contributed by atoms with van der Waals surface area (Å²) >= 11 is 0. The van der Waals surface area contributed by atoms with Crippen LogP contribution in [0, 0.1) is 11.8 Å². The molecule has 0 aliphatic heterocycles. The molecule has 1 N–H and O–H groups in total. The first kappa shape index (κ1) is 17.3. The molecule has 0 amide bonds. The van der Waals surface area contributed by atoms with E-state index < -0.39 is 0 Å². The van der Waals surface area contributed by atoms with E-state index in [1.165, 1.54) is 77.0 Å². The van der Waals surface area contributed by atoms with E-state index in [1.54, 1.807) is 0 Å². The highest BCUT2D eigenvalue weighted by Gasteiger charge is 2.31. The van der Waals surface area contributed by atoms with Gasteiger partial charge < -0.3 is 10.1 Å². The van der Waals surface area contributed by atoms with Crippen molar-refractivity contribution in [2.45, 2.75) is 90.0 Å². The van der Waals surface area contributed by atoms with Crippen molar-refractivity contribution in [3.8, 4) is 0 Å². The Labute approximate surface area is 132 Å². The number of ether oxygens (including phenoxy) is 1. The van der Waals surface area contributed by atoms with E-state index in [4.69, 9.17) is 4.74 Å². The molecule has 2 atom stereocenters. The fraction of sp³-hybridized carbons (Fsp3) is 1.00. The van der Waals surface area contributed by atoms with Crippen molar-refractivity contribution in [1.29, 1.82) is 0 Å². The monoisotopic (exact) mass is 295 g/mol. The molecule has 0 aromatic rings. The molecule has 0 aromatic heterocycles. The van der Waals surface area contributed by atoms with Crippen molar-refractivity contribution in [3.05, 3.63) is 0 Å². The molecule has 2 unspecified atom stereocenters. The number of nitrogens with one attached hydrogen (secondary N) is 1. The highest BCUT2D eigenvalue weighted by molar-refractivity contribution is 4.86. The van der Waals surface area contributed by atoms with Crippen LogP contribution < -0.4 is 5.32 Å². The van der Waals surface area contributed by atoms with E-state index in [1.807, 2.05) is 0 Å². The van der Waals surface area contributed by atoms with Gasteiger partial charge in [0.25, 0.3) is 0 Å². The van der Waals surface area contributed by atoms with Gasteiger partial charge in [-0.2, -0.15) is 0 Å². The van der Waals surface area contributed by atoms with Gasteiger partial charge in [-0.15, -0.1) is 0 Å². The third-order valence-corrected chi connectivity index (χ3v) is 5.59. The zero-order valence-electron chi connectivity index (χ0n) is 14.2. The highest BCUT2D eigenvalue weighted by Crippen LogP contribution is 2.38. The molecule has 2 rings (SSSR count). The molecule has 0 radical (unpaired) electrons. The van der Waals surface area contributed by atoms with Gasteiger partial charge in [-0.25, -0.2) is 0 Å². The summed E-state index contributed by atoms with van der Waals surface area (Å²) in [6.07, 6.45) is 16.9. The van der Waals surface area contributed by atoms with Crippen LogP contribution in [0.5, 0.6) is 0 Å². The van der Waals surface area contributed by atoms with E-state index in [0.717, 1.165) is 37.6 Å². The summed E-state index contributed by atoms with van der Waals surface area (Å²) in [5, 5.41) is 3.88. The number of rotatable bonds is 9. The van der Waals surface area contributed by atoms with Gasteiger partial charge in [-0.3, -0.25) is 0 Å². The largest absolute Gasteiger partial charge is 0.381 e. The molecule has 2 saturated carbocycles. The molecule has 2 aliphatic carbocycles. The third-order valence-electron chi connectivity index (χ3n) is 5.59. The predicted octanol–water partition coefficient (Wildman–Crippen LogP) is 4.92. The molecule has 0 saturated heterocycles. The lowest BCUT2D eigenvalue weighted by Crippen LogP contribution is -2.43. The lowest BCUT2D eigenvalue weighted by atomic mass is 9.71. The Morgan fingerprint density at radius 3 is 2.38 bits per heavy atom. The second-order valence-corrected chi connectivity index (χ2v) is 7.23. The first-order valence-corrected chi connectivity index (χ1v) is 9.73. The van der Waals surface area contributed by atoms with E-state index in [0.29, 0.717) is 0 Å². The summed E-state index contributed by atoms with van der Waals surface area (Å²) in [6, 6.07) is 0.803. The van der Waals surface area contributed by atoms with Crippen LogP contribution in [0.25, 0.3) is 0 Å². The molecule has 124 valence electrons. The maximum absolute atomic E-state index is 5.67. The number of hydrogen-bond acceptors (Lipinski definition) is 2. The molecular formula is C19H37NO. The fourth-order valence-corrected chi connectivity index (χ4v) is 4.35. The van der Waals surface area contributed by atoms with Crippen molar-refractivity contribution in [2.75, 3.05) is 19.8 Å². The molecule has 2 nitrogen and oxygen atoms in total. The molecule has 0 spiro atoms. The number of unbranched alkanes of at least 4 members (excludes halogenated alkanes) is 1. The van der Waals surface area contributed by atoms with Crippen LogP contribution in [0.4, 0.5) is 0 Å². The fourth-order valence-electron chi connectivity index (χ4n) is 4.35. The van der Waals surface area contributed by atoms with Gasteiger partial charge in [0.1, 0.15) is 0 Å². The van der Waals surface area contributed by atoms with Crippen LogP contribution in [0.1, 0.15) is 84.0 Å². The van der Waals surface area contributed by atoms with Crippen LogP contribution in [0.3, 0.4) is 0 Å². The standard InChI is InChI=1S/C19H37NO/c1-2-3-15-21-16-9-14-20-19-13-8-7-12-18(19)17-10-5-4-6-11-17/h17-20H,2-16H2,1H3. The van der Waals surface area contributed by atoms with E-state index in [9.17, 15) is 0 Å². The molecule has 2 heteroatoms. The van der Waals surface area contributed by atoms with E-state index in [-0.39, 0.29) is 0 Å². The van der Waals surface area contributed by atoms with Crippen molar-refractivity contribution in [3.63, 3.8) is 0 Å². The zero-order valence-corrected chi connectivity index (χ0v) is 14.2. The summed E-state index contributed by atoms with van der Waals surface area (Å²) < 4.78 is 5.67. The van der Waals surface area contributed by atoms with Crippen LogP contribution in [-0.2, 0) is 4.74 Å². The minimum absolute atomic E-state index is 0.803. The molecule has 0 aromatic carbocycles. The quantitative estimate of drug-likeness (QED) is 0.609. The summed E-state index contributed by atoms with van der Waals surface area (Å²) in [5.41, 5.74) is 0.